The number of aromatic amines is 1. The molecule has 3 nitrogen and oxygen atoms in total. The van der Waals surface area contributed by atoms with Crippen LogP contribution in [0, 0.1) is 6.92 Å². The van der Waals surface area contributed by atoms with Crippen LogP contribution in [0.1, 0.15) is 5.56 Å². The normalized spacial score (nSPS) is 10.6. The predicted molar refractivity (Wildman–Crippen MR) is 76.1 cm³/mol. The third-order valence-electron chi connectivity index (χ3n) is 3.15. The van der Waals surface area contributed by atoms with Crippen molar-refractivity contribution in [3.8, 4) is 17.2 Å². The van der Waals surface area contributed by atoms with E-state index in [2.05, 4.69) is 18.0 Å². The molecule has 0 bridgehead atoms. The zero-order valence-corrected chi connectivity index (χ0v) is 10.9. The van der Waals surface area contributed by atoms with Crippen LogP contribution in [0.2, 0.25) is 0 Å². The molecule has 0 saturated carbocycles. The number of H-pyrrole nitrogens is 1. The summed E-state index contributed by atoms with van der Waals surface area (Å²) >= 11 is 0. The van der Waals surface area contributed by atoms with Gasteiger partial charge in [-0.05, 0) is 30.7 Å². The number of ether oxygens (including phenoxy) is 2. The van der Waals surface area contributed by atoms with Gasteiger partial charge in [0.15, 0.2) is 5.75 Å². The molecule has 0 radical (unpaired) electrons. The third kappa shape index (κ3) is 2.15. The van der Waals surface area contributed by atoms with Crippen molar-refractivity contribution < 1.29 is 9.47 Å². The van der Waals surface area contributed by atoms with E-state index in [1.165, 1.54) is 5.56 Å². The van der Waals surface area contributed by atoms with Gasteiger partial charge in [0, 0.05) is 17.6 Å². The molecule has 3 rings (SSSR count). The first-order valence-electron chi connectivity index (χ1n) is 6.16. The average Bonchev–Trinajstić information content (AvgIpc) is 2.84. The molecule has 1 N–H and O–H groups in total. The lowest BCUT2D eigenvalue weighted by molar-refractivity contribution is 0.409. The number of hydrogen-bond acceptors (Lipinski definition) is 2. The molecule has 96 valence electrons. The maximum absolute atomic E-state index is 5.92. The minimum absolute atomic E-state index is 0.766. The van der Waals surface area contributed by atoms with Crippen molar-refractivity contribution in [2.24, 2.45) is 0 Å². The van der Waals surface area contributed by atoms with Crippen LogP contribution in [0.25, 0.3) is 10.9 Å². The Balaban J connectivity index is 1.99. The second-order valence-corrected chi connectivity index (χ2v) is 4.43. The number of hydrogen-bond donors (Lipinski definition) is 1. The van der Waals surface area contributed by atoms with Gasteiger partial charge in [-0.25, -0.2) is 0 Å². The molecule has 0 fully saturated rings. The Hall–Kier alpha value is -2.42. The molecule has 0 unspecified atom stereocenters. The standard InChI is InChI=1S/C16H15NO2/c1-11-5-3-8-14-15(10-17-16(11)14)19-13-7-4-6-12(9-13)18-2/h3-10,17H,1-2H3. The zero-order chi connectivity index (χ0) is 13.2. The second kappa shape index (κ2) is 4.69. The van der Waals surface area contributed by atoms with E-state index in [1.54, 1.807) is 7.11 Å². The highest BCUT2D eigenvalue weighted by Crippen LogP contribution is 2.32. The van der Waals surface area contributed by atoms with Crippen LogP contribution < -0.4 is 9.47 Å². The second-order valence-electron chi connectivity index (χ2n) is 4.43. The first-order valence-corrected chi connectivity index (χ1v) is 6.16. The topological polar surface area (TPSA) is 34.2 Å². The molecule has 3 aromatic rings. The predicted octanol–water partition coefficient (Wildman–Crippen LogP) is 4.28. The number of methoxy groups -OCH3 is 1. The average molecular weight is 253 g/mol. The van der Waals surface area contributed by atoms with E-state index in [4.69, 9.17) is 9.47 Å². The van der Waals surface area contributed by atoms with Crippen LogP contribution >= 0.6 is 0 Å². The number of benzene rings is 2. The number of nitrogens with one attached hydrogen (secondary N) is 1. The zero-order valence-electron chi connectivity index (χ0n) is 10.9. The number of aryl methyl sites for hydroxylation is 1. The summed E-state index contributed by atoms with van der Waals surface area (Å²) < 4.78 is 11.1. The lowest BCUT2D eigenvalue weighted by atomic mass is 10.1. The molecule has 0 atom stereocenters. The van der Waals surface area contributed by atoms with E-state index in [0.29, 0.717) is 0 Å². The Bertz CT molecular complexity index is 716. The van der Waals surface area contributed by atoms with E-state index in [1.807, 2.05) is 42.6 Å². The molecule has 1 aromatic heterocycles. The van der Waals surface area contributed by atoms with Gasteiger partial charge in [0.2, 0.25) is 0 Å². The van der Waals surface area contributed by atoms with Crippen LogP contribution in [-0.4, -0.2) is 12.1 Å². The van der Waals surface area contributed by atoms with Crippen LogP contribution in [0.4, 0.5) is 0 Å². The number of rotatable bonds is 3. The largest absolute Gasteiger partial charge is 0.497 e. The van der Waals surface area contributed by atoms with Gasteiger partial charge in [-0.2, -0.15) is 0 Å². The van der Waals surface area contributed by atoms with Crippen molar-refractivity contribution in [1.29, 1.82) is 0 Å². The maximum Gasteiger partial charge on any atom is 0.152 e. The van der Waals surface area contributed by atoms with Crippen molar-refractivity contribution in [2.75, 3.05) is 7.11 Å². The number of aromatic nitrogens is 1. The number of para-hydroxylation sites is 1. The van der Waals surface area contributed by atoms with E-state index in [-0.39, 0.29) is 0 Å². The molecule has 0 amide bonds. The van der Waals surface area contributed by atoms with Gasteiger partial charge in [0.1, 0.15) is 11.5 Å². The van der Waals surface area contributed by atoms with Gasteiger partial charge in [-0.1, -0.05) is 18.2 Å². The molecule has 0 aliphatic heterocycles. The lowest BCUT2D eigenvalue weighted by Gasteiger charge is -2.06. The van der Waals surface area contributed by atoms with Crippen molar-refractivity contribution in [2.45, 2.75) is 6.92 Å². The fraction of sp³-hybridized carbons (Fsp3) is 0.125. The van der Waals surface area contributed by atoms with Crippen molar-refractivity contribution in [3.05, 3.63) is 54.2 Å². The third-order valence-corrected chi connectivity index (χ3v) is 3.15. The highest BCUT2D eigenvalue weighted by molar-refractivity contribution is 5.88. The Labute approximate surface area is 111 Å². The Morgan fingerprint density at radius 3 is 2.63 bits per heavy atom. The summed E-state index contributed by atoms with van der Waals surface area (Å²) in [6.07, 6.45) is 1.89. The van der Waals surface area contributed by atoms with Gasteiger partial charge in [-0.3, -0.25) is 0 Å². The molecule has 1 heterocycles. The minimum Gasteiger partial charge on any atom is -0.497 e. The smallest absolute Gasteiger partial charge is 0.152 e. The molecule has 0 aliphatic carbocycles. The van der Waals surface area contributed by atoms with Crippen LogP contribution in [0.3, 0.4) is 0 Å². The molecule has 3 heteroatoms. The van der Waals surface area contributed by atoms with Crippen LogP contribution in [0.15, 0.2) is 48.7 Å². The van der Waals surface area contributed by atoms with Gasteiger partial charge in [0.05, 0.1) is 12.6 Å². The van der Waals surface area contributed by atoms with E-state index in [0.717, 1.165) is 28.2 Å². The van der Waals surface area contributed by atoms with Crippen LogP contribution in [-0.2, 0) is 0 Å². The monoisotopic (exact) mass is 253 g/mol. The molecule has 0 aliphatic rings. The molecular formula is C16H15NO2. The van der Waals surface area contributed by atoms with Crippen molar-refractivity contribution in [1.82, 2.24) is 4.98 Å². The quantitative estimate of drug-likeness (QED) is 0.756. The fourth-order valence-electron chi connectivity index (χ4n) is 2.16. The van der Waals surface area contributed by atoms with E-state index in [9.17, 15) is 0 Å². The minimum atomic E-state index is 0.766. The van der Waals surface area contributed by atoms with Crippen molar-refractivity contribution in [3.63, 3.8) is 0 Å². The Morgan fingerprint density at radius 1 is 1.00 bits per heavy atom. The Kier molecular flexibility index (Phi) is 2.88. The molecule has 19 heavy (non-hydrogen) atoms. The van der Waals surface area contributed by atoms with Gasteiger partial charge < -0.3 is 14.5 Å². The summed E-state index contributed by atoms with van der Waals surface area (Å²) in [6, 6.07) is 13.7. The van der Waals surface area contributed by atoms with Crippen molar-refractivity contribution >= 4 is 10.9 Å². The Morgan fingerprint density at radius 2 is 1.79 bits per heavy atom. The fourth-order valence-corrected chi connectivity index (χ4v) is 2.16. The van der Waals surface area contributed by atoms with Crippen LogP contribution in [0.5, 0.6) is 17.2 Å². The summed E-state index contributed by atoms with van der Waals surface area (Å²) in [5.74, 6) is 2.38. The van der Waals surface area contributed by atoms with Gasteiger partial charge in [0.25, 0.3) is 0 Å². The van der Waals surface area contributed by atoms with E-state index >= 15 is 0 Å². The first kappa shape index (κ1) is 11.7. The first-order chi connectivity index (χ1) is 9.28. The molecule has 0 spiro atoms. The number of fused-ring (bicyclic) bond motifs is 1. The van der Waals surface area contributed by atoms with E-state index < -0.39 is 0 Å². The summed E-state index contributed by atoms with van der Waals surface area (Å²) in [5.41, 5.74) is 2.32. The lowest BCUT2D eigenvalue weighted by Crippen LogP contribution is -1.85. The molecular weight excluding hydrogens is 238 g/mol. The summed E-state index contributed by atoms with van der Waals surface area (Å²) in [7, 11) is 1.65. The maximum atomic E-state index is 5.92. The molecule has 2 aromatic carbocycles. The highest BCUT2D eigenvalue weighted by atomic mass is 16.5. The highest BCUT2D eigenvalue weighted by Gasteiger charge is 2.07. The SMILES string of the molecule is COc1cccc(Oc2c[nH]c3c(C)cccc23)c1. The summed E-state index contributed by atoms with van der Waals surface area (Å²) in [6.45, 7) is 2.08. The summed E-state index contributed by atoms with van der Waals surface area (Å²) in [5, 5.41) is 1.09. The molecule has 0 saturated heterocycles. The van der Waals surface area contributed by atoms with Gasteiger partial charge in [-0.15, -0.1) is 0 Å². The summed E-state index contributed by atoms with van der Waals surface area (Å²) in [4.78, 5) is 3.25. The van der Waals surface area contributed by atoms with Gasteiger partial charge >= 0.3 is 0 Å².